The smallest absolute Gasteiger partial charge is 0.243 e. The summed E-state index contributed by atoms with van der Waals surface area (Å²) in [4.78, 5) is 25.7. The molecule has 1 aromatic carbocycles. The second-order valence-electron chi connectivity index (χ2n) is 6.99. The molecule has 144 valence electrons. The molecule has 0 bridgehead atoms. The topological polar surface area (TPSA) is 74.8 Å². The maximum atomic E-state index is 12.7. The third-order valence-electron chi connectivity index (χ3n) is 5.09. The molecular formula is C19H28N2O4S. The Bertz CT molecular complexity index is 735. The minimum Gasteiger partial charge on any atom is -0.342 e. The number of likely N-dealkylation sites (N-methyl/N-ethyl adjacent to an activating group) is 2. The van der Waals surface area contributed by atoms with Gasteiger partial charge in [-0.05, 0) is 31.9 Å². The van der Waals surface area contributed by atoms with E-state index in [1.165, 1.54) is 51.1 Å². The Kier molecular flexibility index (Phi) is 6.94. The Morgan fingerprint density at radius 1 is 1.00 bits per heavy atom. The number of hydrogen-bond donors (Lipinski definition) is 0. The number of rotatable bonds is 6. The van der Waals surface area contributed by atoms with Gasteiger partial charge in [0, 0.05) is 25.7 Å². The highest BCUT2D eigenvalue weighted by molar-refractivity contribution is 7.89. The number of hydrogen-bond acceptors (Lipinski definition) is 4. The predicted octanol–water partition coefficient (Wildman–Crippen LogP) is 2.69. The molecule has 0 atom stereocenters. The molecule has 1 aromatic rings. The monoisotopic (exact) mass is 380 g/mol. The number of nitrogens with zero attached hydrogens (tertiary/aromatic N) is 2. The van der Waals surface area contributed by atoms with Crippen molar-refractivity contribution in [2.24, 2.45) is 0 Å². The van der Waals surface area contributed by atoms with Crippen LogP contribution in [0, 0.1) is 0 Å². The van der Waals surface area contributed by atoms with Crippen LogP contribution in [0.2, 0.25) is 0 Å². The van der Waals surface area contributed by atoms with Crippen LogP contribution in [-0.2, 0) is 14.8 Å². The van der Waals surface area contributed by atoms with Crippen LogP contribution in [0.4, 0.5) is 0 Å². The van der Waals surface area contributed by atoms with Gasteiger partial charge in [-0.3, -0.25) is 9.59 Å². The molecule has 26 heavy (non-hydrogen) atoms. The van der Waals surface area contributed by atoms with E-state index in [1.54, 1.807) is 11.9 Å². The third kappa shape index (κ3) is 4.92. The Morgan fingerprint density at radius 3 is 2.04 bits per heavy atom. The molecule has 1 aliphatic rings. The average Bonchev–Trinajstić information content (AvgIpc) is 2.90. The van der Waals surface area contributed by atoms with Gasteiger partial charge in [0.2, 0.25) is 15.9 Å². The van der Waals surface area contributed by atoms with Gasteiger partial charge in [-0.2, -0.15) is 4.31 Å². The molecule has 2 rings (SSSR count). The van der Waals surface area contributed by atoms with Crippen molar-refractivity contribution in [2.75, 3.05) is 20.6 Å². The van der Waals surface area contributed by atoms with Crippen molar-refractivity contribution in [1.82, 2.24) is 9.21 Å². The zero-order valence-corrected chi connectivity index (χ0v) is 16.6. The molecule has 1 amide bonds. The number of sulfonamides is 1. The highest BCUT2D eigenvalue weighted by atomic mass is 32.2. The molecule has 1 fully saturated rings. The summed E-state index contributed by atoms with van der Waals surface area (Å²) in [6.45, 7) is 1.24. The van der Waals surface area contributed by atoms with Crippen molar-refractivity contribution in [3.05, 3.63) is 29.8 Å². The van der Waals surface area contributed by atoms with Crippen LogP contribution < -0.4 is 0 Å². The second-order valence-corrected chi connectivity index (χ2v) is 9.04. The van der Waals surface area contributed by atoms with E-state index < -0.39 is 10.0 Å². The van der Waals surface area contributed by atoms with E-state index in [9.17, 15) is 18.0 Å². The fraction of sp³-hybridized carbons (Fsp3) is 0.579. The Morgan fingerprint density at radius 2 is 1.54 bits per heavy atom. The molecule has 0 radical (unpaired) electrons. The molecule has 6 nitrogen and oxygen atoms in total. The van der Waals surface area contributed by atoms with Crippen LogP contribution in [0.1, 0.15) is 55.8 Å². The SMILES string of the molecule is CC(=O)c1ccc(S(=O)(=O)N(C)CC(=O)N(C)C2CCCCCC2)cc1. The molecular weight excluding hydrogens is 352 g/mol. The van der Waals surface area contributed by atoms with Crippen LogP contribution in [0.5, 0.6) is 0 Å². The van der Waals surface area contributed by atoms with Crippen molar-refractivity contribution in [2.45, 2.75) is 56.4 Å². The molecule has 0 N–H and O–H groups in total. The lowest BCUT2D eigenvalue weighted by Gasteiger charge is -2.29. The van der Waals surface area contributed by atoms with E-state index in [4.69, 9.17) is 0 Å². The van der Waals surface area contributed by atoms with E-state index in [2.05, 4.69) is 0 Å². The van der Waals surface area contributed by atoms with E-state index in [1.807, 2.05) is 0 Å². The summed E-state index contributed by atoms with van der Waals surface area (Å²) in [5.41, 5.74) is 0.454. The normalized spacial score (nSPS) is 16.3. The van der Waals surface area contributed by atoms with Gasteiger partial charge in [0.05, 0.1) is 11.4 Å². The van der Waals surface area contributed by atoms with Gasteiger partial charge in [0.25, 0.3) is 0 Å². The molecule has 0 aromatic heterocycles. The Hall–Kier alpha value is -1.73. The fourth-order valence-corrected chi connectivity index (χ4v) is 4.40. The van der Waals surface area contributed by atoms with Gasteiger partial charge < -0.3 is 4.90 Å². The average molecular weight is 381 g/mol. The number of carbonyl (C=O) groups is 2. The lowest BCUT2D eigenvalue weighted by atomic mass is 10.1. The third-order valence-corrected chi connectivity index (χ3v) is 6.91. The highest BCUT2D eigenvalue weighted by Crippen LogP contribution is 2.22. The standard InChI is InChI=1S/C19H28N2O4S/c1-15(22)16-10-12-18(13-11-16)26(24,25)20(2)14-19(23)21(3)17-8-6-4-5-7-9-17/h10-13,17H,4-9,14H2,1-3H3. The van der Waals surface area contributed by atoms with Crippen molar-refractivity contribution in [3.63, 3.8) is 0 Å². The van der Waals surface area contributed by atoms with Gasteiger partial charge in [0.1, 0.15) is 0 Å². The van der Waals surface area contributed by atoms with Crippen LogP contribution in [0.3, 0.4) is 0 Å². The van der Waals surface area contributed by atoms with Crippen LogP contribution >= 0.6 is 0 Å². The summed E-state index contributed by atoms with van der Waals surface area (Å²) in [5.74, 6) is -0.314. The Balaban J connectivity index is 2.05. The summed E-state index contributed by atoms with van der Waals surface area (Å²) in [6.07, 6.45) is 6.57. The van der Waals surface area contributed by atoms with Crippen LogP contribution in [0.25, 0.3) is 0 Å². The Labute approximate surface area is 156 Å². The molecule has 0 unspecified atom stereocenters. The summed E-state index contributed by atoms with van der Waals surface area (Å²) in [7, 11) is -0.599. The van der Waals surface area contributed by atoms with Crippen molar-refractivity contribution >= 4 is 21.7 Å². The van der Waals surface area contributed by atoms with Crippen LogP contribution in [0.15, 0.2) is 29.2 Å². The second kappa shape index (κ2) is 8.77. The maximum absolute atomic E-state index is 12.7. The van der Waals surface area contributed by atoms with E-state index in [0.29, 0.717) is 5.56 Å². The zero-order valence-electron chi connectivity index (χ0n) is 15.8. The van der Waals surface area contributed by atoms with E-state index >= 15 is 0 Å². The quantitative estimate of drug-likeness (QED) is 0.562. The number of carbonyl (C=O) groups excluding carboxylic acids is 2. The summed E-state index contributed by atoms with van der Waals surface area (Å²) < 4.78 is 26.4. The molecule has 0 heterocycles. The predicted molar refractivity (Wildman–Crippen MR) is 101 cm³/mol. The van der Waals surface area contributed by atoms with Gasteiger partial charge in [0.15, 0.2) is 5.78 Å². The molecule has 1 saturated carbocycles. The van der Waals surface area contributed by atoms with Gasteiger partial charge >= 0.3 is 0 Å². The summed E-state index contributed by atoms with van der Waals surface area (Å²) in [6, 6.07) is 5.98. The number of Topliss-reactive ketones (excluding diaryl/α,β-unsaturated/α-hetero) is 1. The highest BCUT2D eigenvalue weighted by Gasteiger charge is 2.27. The first-order valence-corrected chi connectivity index (χ1v) is 10.5. The van der Waals surface area contributed by atoms with Crippen molar-refractivity contribution in [1.29, 1.82) is 0 Å². The first-order valence-electron chi connectivity index (χ1n) is 9.06. The minimum atomic E-state index is -3.77. The first-order chi connectivity index (χ1) is 12.2. The fourth-order valence-electron chi connectivity index (χ4n) is 3.28. The van der Waals surface area contributed by atoms with Crippen molar-refractivity contribution < 1.29 is 18.0 Å². The maximum Gasteiger partial charge on any atom is 0.243 e. The molecule has 0 aliphatic heterocycles. The lowest BCUT2D eigenvalue weighted by molar-refractivity contribution is -0.132. The summed E-state index contributed by atoms with van der Waals surface area (Å²) >= 11 is 0. The van der Waals surface area contributed by atoms with Crippen molar-refractivity contribution in [3.8, 4) is 0 Å². The van der Waals surface area contributed by atoms with Gasteiger partial charge in [-0.1, -0.05) is 37.8 Å². The summed E-state index contributed by atoms with van der Waals surface area (Å²) in [5, 5.41) is 0. The first kappa shape index (κ1) is 20.6. The molecule has 1 aliphatic carbocycles. The molecule has 0 spiro atoms. The number of ketones is 1. The van der Waals surface area contributed by atoms with Crippen LogP contribution in [-0.4, -0.2) is 56.0 Å². The molecule has 7 heteroatoms. The van der Waals surface area contributed by atoms with Gasteiger partial charge in [-0.15, -0.1) is 0 Å². The van der Waals surface area contributed by atoms with Gasteiger partial charge in [-0.25, -0.2) is 8.42 Å². The van der Waals surface area contributed by atoms with E-state index in [-0.39, 0.29) is 29.2 Å². The molecule has 0 saturated heterocycles. The lowest BCUT2D eigenvalue weighted by Crippen LogP contribution is -2.43. The number of benzene rings is 1. The minimum absolute atomic E-state index is 0.0786. The zero-order chi connectivity index (χ0) is 19.3. The largest absolute Gasteiger partial charge is 0.342 e. The van der Waals surface area contributed by atoms with E-state index in [0.717, 1.165) is 30.0 Å². The number of amides is 1.